The number of rotatable bonds is 8. The molecule has 0 saturated heterocycles. The lowest BCUT2D eigenvalue weighted by Gasteiger charge is -2.21. The Kier molecular flexibility index (Phi) is 6.72. The maximum Gasteiger partial charge on any atom is 0.227 e. The fourth-order valence-electron chi connectivity index (χ4n) is 4.28. The van der Waals surface area contributed by atoms with E-state index in [4.69, 9.17) is 21.2 Å². The van der Waals surface area contributed by atoms with Gasteiger partial charge in [-0.05, 0) is 45.1 Å². The first-order valence-corrected chi connectivity index (χ1v) is 11.3. The van der Waals surface area contributed by atoms with Gasteiger partial charge in [-0.3, -0.25) is 0 Å². The number of methoxy groups -OCH3 is 1. The molecule has 0 spiro atoms. The summed E-state index contributed by atoms with van der Waals surface area (Å²) in [6.45, 7) is 3.25. The topological polar surface area (TPSA) is 107 Å². The number of fused-ring (bicyclic) bond motifs is 1. The Morgan fingerprint density at radius 2 is 1.94 bits per heavy atom. The third-order valence-electron chi connectivity index (χ3n) is 6.06. The molecule has 0 saturated carbocycles. The van der Waals surface area contributed by atoms with Crippen LogP contribution in [0.4, 0.5) is 23.0 Å². The third-order valence-corrected chi connectivity index (χ3v) is 6.06. The number of para-hydroxylation sites is 1. The Balaban J connectivity index is 1.81. The highest BCUT2D eigenvalue weighted by Gasteiger charge is 2.18. The lowest BCUT2D eigenvalue weighted by Crippen LogP contribution is -2.18. The van der Waals surface area contributed by atoms with Crippen molar-refractivity contribution < 1.29 is 4.74 Å². The number of benzene rings is 2. The maximum atomic E-state index is 6.43. The molecule has 0 amide bonds. The zero-order valence-corrected chi connectivity index (χ0v) is 20.5. The van der Waals surface area contributed by atoms with Crippen molar-refractivity contribution in [3.05, 3.63) is 59.4 Å². The van der Waals surface area contributed by atoms with Crippen LogP contribution in [0.1, 0.15) is 16.7 Å². The van der Waals surface area contributed by atoms with E-state index in [0.717, 1.165) is 57.5 Å². The van der Waals surface area contributed by atoms with Gasteiger partial charge in [0.05, 0.1) is 29.4 Å². The van der Waals surface area contributed by atoms with E-state index in [1.165, 1.54) is 0 Å². The summed E-state index contributed by atoms with van der Waals surface area (Å²) in [4.78, 5) is 11.6. The zero-order valence-electron chi connectivity index (χ0n) is 20.5. The maximum absolute atomic E-state index is 6.43. The monoisotopic (exact) mass is 459 g/mol. The molecular formula is C26H33N7O. The van der Waals surface area contributed by atoms with Crippen LogP contribution in [0, 0.1) is 6.92 Å². The summed E-state index contributed by atoms with van der Waals surface area (Å²) >= 11 is 0. The van der Waals surface area contributed by atoms with Gasteiger partial charge in [0.25, 0.3) is 0 Å². The standard InChI is InChI=1S/C26H33N7O/c1-16-13-29-26(30-24(16)20-14-33(4)22-9-7-6-8-18(20)22)31-25-17(15-34-5)12-21(27)23(28)19(25)10-11-32(2)3/h6-9,12-14H,10-11,15,27-28H2,1-5H3,(H,29,30,31). The molecule has 5 N–H and O–H groups in total. The molecule has 2 aromatic carbocycles. The number of hydrogen-bond donors (Lipinski definition) is 3. The molecule has 0 radical (unpaired) electrons. The van der Waals surface area contributed by atoms with Crippen LogP contribution < -0.4 is 16.8 Å². The van der Waals surface area contributed by atoms with E-state index >= 15 is 0 Å². The molecular weight excluding hydrogens is 426 g/mol. The van der Waals surface area contributed by atoms with Gasteiger partial charge in [-0.1, -0.05) is 18.2 Å². The van der Waals surface area contributed by atoms with Crippen molar-refractivity contribution in [1.29, 1.82) is 0 Å². The molecule has 0 atom stereocenters. The minimum absolute atomic E-state index is 0.393. The summed E-state index contributed by atoms with van der Waals surface area (Å²) in [6.07, 6.45) is 4.69. The van der Waals surface area contributed by atoms with E-state index in [2.05, 4.69) is 38.1 Å². The van der Waals surface area contributed by atoms with Gasteiger partial charge in [-0.2, -0.15) is 0 Å². The molecule has 178 valence electrons. The number of ether oxygens (including phenoxy) is 1. The fraction of sp³-hybridized carbons (Fsp3) is 0.308. The summed E-state index contributed by atoms with van der Waals surface area (Å²) in [5.41, 5.74) is 20.6. The van der Waals surface area contributed by atoms with Gasteiger partial charge >= 0.3 is 0 Å². The van der Waals surface area contributed by atoms with Crippen molar-refractivity contribution in [2.75, 3.05) is 44.5 Å². The van der Waals surface area contributed by atoms with E-state index in [9.17, 15) is 0 Å². The van der Waals surface area contributed by atoms with Gasteiger partial charge in [0.1, 0.15) is 0 Å². The van der Waals surface area contributed by atoms with Crippen molar-refractivity contribution >= 4 is 33.9 Å². The van der Waals surface area contributed by atoms with Crippen molar-refractivity contribution in [2.24, 2.45) is 7.05 Å². The van der Waals surface area contributed by atoms with Crippen LogP contribution in [-0.4, -0.2) is 47.2 Å². The number of anilines is 4. The quantitative estimate of drug-likeness (QED) is 0.341. The molecule has 2 aromatic heterocycles. The highest BCUT2D eigenvalue weighted by atomic mass is 16.5. The molecule has 8 heteroatoms. The van der Waals surface area contributed by atoms with Crippen LogP contribution >= 0.6 is 0 Å². The van der Waals surface area contributed by atoms with E-state index in [1.54, 1.807) is 7.11 Å². The first-order chi connectivity index (χ1) is 16.3. The van der Waals surface area contributed by atoms with Gasteiger partial charge in [0, 0.05) is 60.7 Å². The Labute approximate surface area is 200 Å². The van der Waals surface area contributed by atoms with Gasteiger partial charge in [0.15, 0.2) is 0 Å². The molecule has 0 fully saturated rings. The number of hydrogen-bond acceptors (Lipinski definition) is 7. The van der Waals surface area contributed by atoms with Crippen molar-refractivity contribution in [2.45, 2.75) is 20.0 Å². The Hall–Kier alpha value is -3.62. The average molecular weight is 460 g/mol. The molecule has 0 bridgehead atoms. The summed E-state index contributed by atoms with van der Waals surface area (Å²) in [6, 6.07) is 10.2. The van der Waals surface area contributed by atoms with Crippen LogP contribution in [0.25, 0.3) is 22.2 Å². The summed E-state index contributed by atoms with van der Waals surface area (Å²) in [5, 5.41) is 4.60. The lowest BCUT2D eigenvalue weighted by atomic mass is 10.0. The van der Waals surface area contributed by atoms with Crippen molar-refractivity contribution in [3.8, 4) is 11.3 Å². The van der Waals surface area contributed by atoms with Crippen molar-refractivity contribution in [3.63, 3.8) is 0 Å². The van der Waals surface area contributed by atoms with E-state index in [-0.39, 0.29) is 0 Å². The largest absolute Gasteiger partial charge is 0.397 e. The molecule has 0 unspecified atom stereocenters. The van der Waals surface area contributed by atoms with Gasteiger partial charge in [0.2, 0.25) is 5.95 Å². The average Bonchev–Trinajstić information content (AvgIpc) is 3.14. The van der Waals surface area contributed by atoms with E-state index in [1.807, 2.05) is 52.5 Å². The second-order valence-electron chi connectivity index (χ2n) is 8.90. The van der Waals surface area contributed by atoms with Crippen LogP contribution in [-0.2, 0) is 24.8 Å². The molecule has 0 aliphatic rings. The fourth-order valence-corrected chi connectivity index (χ4v) is 4.28. The summed E-state index contributed by atoms with van der Waals surface area (Å²) in [5.74, 6) is 0.501. The second kappa shape index (κ2) is 9.70. The van der Waals surface area contributed by atoms with Gasteiger partial charge < -0.3 is 31.0 Å². The SMILES string of the molecule is COCc1cc(N)c(N)c(CCN(C)C)c1Nc1ncc(C)c(-c2cn(C)c3ccccc23)n1. The highest BCUT2D eigenvalue weighted by molar-refractivity contribution is 5.96. The minimum atomic E-state index is 0.393. The van der Waals surface area contributed by atoms with Crippen LogP contribution in [0.3, 0.4) is 0 Å². The van der Waals surface area contributed by atoms with Gasteiger partial charge in [-0.15, -0.1) is 0 Å². The van der Waals surface area contributed by atoms with E-state index < -0.39 is 0 Å². The highest BCUT2D eigenvalue weighted by Crippen LogP contribution is 2.36. The Morgan fingerprint density at radius 3 is 2.68 bits per heavy atom. The predicted molar refractivity (Wildman–Crippen MR) is 140 cm³/mol. The molecule has 2 heterocycles. The van der Waals surface area contributed by atoms with Gasteiger partial charge in [-0.25, -0.2) is 9.97 Å². The van der Waals surface area contributed by atoms with Crippen molar-refractivity contribution in [1.82, 2.24) is 19.4 Å². The molecule has 34 heavy (non-hydrogen) atoms. The van der Waals surface area contributed by atoms with E-state index in [0.29, 0.717) is 23.9 Å². The molecule has 8 nitrogen and oxygen atoms in total. The molecule has 4 aromatic rings. The number of likely N-dealkylation sites (N-methyl/N-ethyl adjacent to an activating group) is 1. The third kappa shape index (κ3) is 4.55. The predicted octanol–water partition coefficient (Wildman–Crippen LogP) is 4.10. The van der Waals surface area contributed by atoms with Crippen LogP contribution in [0.5, 0.6) is 0 Å². The lowest BCUT2D eigenvalue weighted by molar-refractivity contribution is 0.185. The van der Waals surface area contributed by atoms with Crippen LogP contribution in [0.2, 0.25) is 0 Å². The Bertz CT molecular complexity index is 1330. The number of nitrogen functional groups attached to an aromatic ring is 2. The summed E-state index contributed by atoms with van der Waals surface area (Å²) in [7, 11) is 7.78. The number of nitrogens with zero attached hydrogens (tertiary/aromatic N) is 4. The smallest absolute Gasteiger partial charge is 0.227 e. The number of aryl methyl sites for hydroxylation is 2. The number of nitrogens with one attached hydrogen (secondary N) is 1. The normalized spacial score (nSPS) is 11.5. The van der Waals surface area contributed by atoms with Crippen LogP contribution in [0.15, 0.2) is 42.7 Å². The first kappa shape index (κ1) is 23.5. The number of aromatic nitrogens is 3. The first-order valence-electron chi connectivity index (χ1n) is 11.3. The molecule has 0 aliphatic heterocycles. The second-order valence-corrected chi connectivity index (χ2v) is 8.90. The number of nitrogens with two attached hydrogens (primary N) is 2. The summed E-state index contributed by atoms with van der Waals surface area (Å²) < 4.78 is 7.58. The minimum Gasteiger partial charge on any atom is -0.397 e. The Morgan fingerprint density at radius 1 is 1.18 bits per heavy atom. The molecule has 0 aliphatic carbocycles. The zero-order chi connectivity index (χ0) is 24.4. The molecule has 4 rings (SSSR count).